The number of rotatable bonds is 2. The van der Waals surface area contributed by atoms with Crippen molar-refractivity contribution in [3.8, 4) is 0 Å². The van der Waals surface area contributed by atoms with Crippen molar-refractivity contribution < 1.29 is 5.76 Å². The van der Waals surface area contributed by atoms with Crippen LogP contribution in [0.15, 0.2) is 48.4 Å². The monoisotopic (exact) mass is 296 g/mol. The van der Waals surface area contributed by atoms with Crippen LogP contribution in [-0.2, 0) is 0 Å². The van der Waals surface area contributed by atoms with Gasteiger partial charge in [0.1, 0.15) is 11.6 Å². The number of allylic oxidation sites excluding steroid dienone is 2. The Labute approximate surface area is 131 Å². The second kappa shape index (κ2) is 5.72. The number of pyridine rings is 2. The average Bonchev–Trinajstić information content (AvgIpc) is 2.52. The van der Waals surface area contributed by atoms with Gasteiger partial charge in [-0.1, -0.05) is 0 Å². The molecule has 0 saturated heterocycles. The van der Waals surface area contributed by atoms with Gasteiger partial charge in [0.05, 0.1) is 7.57 Å². The van der Waals surface area contributed by atoms with E-state index < -0.39 is 0 Å². The second-order valence-corrected chi connectivity index (χ2v) is 5.45. The van der Waals surface area contributed by atoms with Crippen LogP contribution in [0.1, 0.15) is 25.1 Å². The molecule has 22 heavy (non-hydrogen) atoms. The molecule has 3 rings (SSSR count). The molecule has 0 radical (unpaired) electrons. The number of hydrogen-bond acceptors (Lipinski definition) is 3. The largest absolute Gasteiger partial charge is 0.329 e. The van der Waals surface area contributed by atoms with E-state index in [0.29, 0.717) is 12.4 Å². The first-order valence-corrected chi connectivity index (χ1v) is 7.17. The lowest BCUT2D eigenvalue weighted by Crippen LogP contribution is -2.23. The number of hydrogen-bond donors (Lipinski definition) is 0. The number of halogens is 1. The minimum Gasteiger partial charge on any atom is -0.329 e. The van der Waals surface area contributed by atoms with E-state index in [1.807, 2.05) is 31.0 Å². The quantitative estimate of drug-likeness (QED) is 0.837. The summed E-state index contributed by atoms with van der Waals surface area (Å²) in [7, 11) is 0. The summed E-state index contributed by atoms with van der Waals surface area (Å²) in [6.45, 7) is 6.63. The van der Waals surface area contributed by atoms with Crippen molar-refractivity contribution in [2.75, 3.05) is 11.4 Å². The Morgan fingerprint density at radius 2 is 2.00 bits per heavy atom. The highest BCUT2D eigenvalue weighted by Gasteiger charge is 2.17. The summed E-state index contributed by atoms with van der Waals surface area (Å²) >= 11 is 0. The zero-order valence-corrected chi connectivity index (χ0v) is 12.9. The fraction of sp³-hybridized carbons (Fsp3) is 0.222. The Bertz CT molecular complexity index is 810. The van der Waals surface area contributed by atoms with E-state index in [0.717, 1.165) is 28.0 Å². The molecule has 0 saturated carbocycles. The van der Waals surface area contributed by atoms with Crippen molar-refractivity contribution in [3.63, 3.8) is 0 Å². The van der Waals surface area contributed by atoms with Gasteiger partial charge in [0.25, 0.3) is 0 Å². The number of aromatic nitrogens is 2. The molecule has 0 amide bonds. The highest BCUT2D eigenvalue weighted by atomic mass is 19.1. The van der Waals surface area contributed by atoms with Crippen molar-refractivity contribution in [1.82, 2.24) is 9.97 Å². The maximum absolute atomic E-state index is 13.1. The fourth-order valence-electron chi connectivity index (χ4n) is 2.54. The standard InChI is InChI=1S/C18H18FN3/c1-12-7-9-22(18-5-4-15(19)10-21-18)11-17(12)16-6-8-20-14(3)13(16)2/h4-10H,11H2,1-3H3/i8D. The molecule has 1 aliphatic rings. The summed E-state index contributed by atoms with van der Waals surface area (Å²) in [5, 5.41) is 0. The Hall–Kier alpha value is -2.49. The molecule has 3 heterocycles. The van der Waals surface area contributed by atoms with Crippen LogP contribution in [0.4, 0.5) is 10.2 Å². The van der Waals surface area contributed by atoms with E-state index in [9.17, 15) is 4.39 Å². The van der Waals surface area contributed by atoms with Crippen LogP contribution in [0.25, 0.3) is 5.57 Å². The molecular weight excluding hydrogens is 277 g/mol. The van der Waals surface area contributed by atoms with Gasteiger partial charge in [-0.25, -0.2) is 9.37 Å². The second-order valence-electron chi connectivity index (χ2n) is 5.45. The third-order valence-electron chi connectivity index (χ3n) is 4.03. The molecule has 112 valence electrons. The smallest absolute Gasteiger partial charge is 0.141 e. The van der Waals surface area contributed by atoms with Crippen LogP contribution < -0.4 is 4.90 Å². The summed E-state index contributed by atoms with van der Waals surface area (Å²) in [4.78, 5) is 10.3. The maximum Gasteiger partial charge on any atom is 0.141 e. The minimum atomic E-state index is -0.346. The Morgan fingerprint density at radius 1 is 1.18 bits per heavy atom. The van der Waals surface area contributed by atoms with Gasteiger partial charge in [-0.15, -0.1) is 0 Å². The maximum atomic E-state index is 13.1. The molecule has 0 unspecified atom stereocenters. The Morgan fingerprint density at radius 3 is 2.73 bits per heavy atom. The molecule has 0 spiro atoms. The third-order valence-corrected chi connectivity index (χ3v) is 4.03. The van der Waals surface area contributed by atoms with E-state index in [1.165, 1.54) is 12.3 Å². The van der Waals surface area contributed by atoms with Crippen molar-refractivity contribution in [2.24, 2.45) is 0 Å². The van der Waals surface area contributed by atoms with Crippen LogP contribution in [0.2, 0.25) is 0 Å². The van der Waals surface area contributed by atoms with Crippen LogP contribution >= 0.6 is 0 Å². The molecule has 0 fully saturated rings. The molecule has 2 aromatic rings. The summed E-state index contributed by atoms with van der Waals surface area (Å²) in [5.41, 5.74) is 5.27. The first-order valence-electron chi connectivity index (χ1n) is 7.67. The zero-order valence-electron chi connectivity index (χ0n) is 13.9. The van der Waals surface area contributed by atoms with Gasteiger partial charge in [-0.05, 0) is 67.3 Å². The van der Waals surface area contributed by atoms with Gasteiger partial charge in [0.2, 0.25) is 0 Å². The highest BCUT2D eigenvalue weighted by molar-refractivity contribution is 5.78. The molecule has 0 N–H and O–H groups in total. The normalized spacial score (nSPS) is 15.3. The fourth-order valence-corrected chi connectivity index (χ4v) is 2.54. The van der Waals surface area contributed by atoms with Crippen molar-refractivity contribution in [1.29, 1.82) is 0 Å². The first-order chi connectivity index (χ1) is 11.0. The van der Waals surface area contributed by atoms with Crippen LogP contribution in [0, 0.1) is 19.7 Å². The van der Waals surface area contributed by atoms with Gasteiger partial charge in [0.15, 0.2) is 0 Å². The molecule has 0 bridgehead atoms. The SMILES string of the molecule is [2H]c1cc(C2=C(C)C=CN(c3ccc(F)cn3)C2)c(C)c(C)n1. The highest BCUT2D eigenvalue weighted by Crippen LogP contribution is 2.29. The predicted molar refractivity (Wildman–Crippen MR) is 87.0 cm³/mol. The van der Waals surface area contributed by atoms with Gasteiger partial charge in [0, 0.05) is 24.6 Å². The number of nitrogens with zero attached hydrogens (tertiary/aromatic N) is 3. The van der Waals surface area contributed by atoms with Gasteiger partial charge in [-0.2, -0.15) is 0 Å². The van der Waals surface area contributed by atoms with E-state index in [4.69, 9.17) is 1.37 Å². The molecule has 0 atom stereocenters. The van der Waals surface area contributed by atoms with Crippen LogP contribution in [-0.4, -0.2) is 16.5 Å². The molecule has 4 heteroatoms. The van der Waals surface area contributed by atoms with Gasteiger partial charge < -0.3 is 4.90 Å². The summed E-state index contributed by atoms with van der Waals surface area (Å²) in [6.07, 6.45) is 5.45. The lowest BCUT2D eigenvalue weighted by molar-refractivity contribution is 0.621. The molecule has 3 nitrogen and oxygen atoms in total. The lowest BCUT2D eigenvalue weighted by Gasteiger charge is -2.27. The van der Waals surface area contributed by atoms with Gasteiger partial charge in [-0.3, -0.25) is 4.98 Å². The number of aryl methyl sites for hydroxylation is 1. The van der Waals surface area contributed by atoms with E-state index in [2.05, 4.69) is 16.9 Å². The van der Waals surface area contributed by atoms with E-state index >= 15 is 0 Å². The van der Waals surface area contributed by atoms with Crippen LogP contribution in [0.5, 0.6) is 0 Å². The zero-order chi connectivity index (χ0) is 16.6. The summed E-state index contributed by atoms with van der Waals surface area (Å²) < 4.78 is 20.9. The lowest BCUT2D eigenvalue weighted by atomic mass is 9.94. The Balaban J connectivity index is 2.00. The molecule has 0 aliphatic carbocycles. The van der Waals surface area contributed by atoms with Crippen molar-refractivity contribution in [2.45, 2.75) is 20.8 Å². The van der Waals surface area contributed by atoms with Crippen molar-refractivity contribution in [3.05, 3.63) is 71.1 Å². The minimum absolute atomic E-state index is 0.268. The summed E-state index contributed by atoms with van der Waals surface area (Å²) in [5.74, 6) is 0.350. The van der Waals surface area contributed by atoms with Crippen molar-refractivity contribution >= 4 is 11.4 Å². The molecule has 2 aromatic heterocycles. The van der Waals surface area contributed by atoms with Crippen LogP contribution in [0.3, 0.4) is 0 Å². The third kappa shape index (κ3) is 2.64. The summed E-state index contributed by atoms with van der Waals surface area (Å²) in [6, 6.07) is 4.87. The first kappa shape index (κ1) is 13.2. The topological polar surface area (TPSA) is 29.0 Å². The predicted octanol–water partition coefficient (Wildman–Crippen LogP) is 4.04. The molecular formula is C18H18FN3. The Kier molecular flexibility index (Phi) is 3.43. The van der Waals surface area contributed by atoms with E-state index in [-0.39, 0.29) is 12.0 Å². The van der Waals surface area contributed by atoms with E-state index in [1.54, 1.807) is 12.1 Å². The van der Waals surface area contributed by atoms with Gasteiger partial charge >= 0.3 is 0 Å². The number of anilines is 1. The molecule has 1 aliphatic heterocycles. The average molecular weight is 296 g/mol. The molecule has 0 aromatic carbocycles.